The van der Waals surface area contributed by atoms with E-state index in [0.29, 0.717) is 27.7 Å². The van der Waals surface area contributed by atoms with Gasteiger partial charge in [0, 0.05) is 11.9 Å². The minimum atomic E-state index is -0.284. The molecule has 2 heterocycles. The van der Waals surface area contributed by atoms with Crippen molar-refractivity contribution in [1.82, 2.24) is 9.38 Å². The number of pyridine rings is 1. The van der Waals surface area contributed by atoms with Gasteiger partial charge >= 0.3 is 0 Å². The highest BCUT2D eigenvalue weighted by Gasteiger charge is 2.16. The Labute approximate surface area is 125 Å². The number of benzene rings is 1. The molecule has 0 fully saturated rings. The maximum Gasteiger partial charge on any atom is 0.274 e. The van der Waals surface area contributed by atoms with Gasteiger partial charge in [-0.15, -0.1) is 0 Å². The Hall–Kier alpha value is -2.53. The summed E-state index contributed by atoms with van der Waals surface area (Å²) in [7, 11) is 0. The molecule has 0 saturated carbocycles. The van der Waals surface area contributed by atoms with Crippen molar-refractivity contribution in [2.45, 2.75) is 6.92 Å². The number of hydrogen-bond acceptors (Lipinski definition) is 3. The van der Waals surface area contributed by atoms with E-state index in [-0.39, 0.29) is 11.7 Å². The molecule has 2 aromatic heterocycles. The van der Waals surface area contributed by atoms with Crippen LogP contribution in [-0.2, 0) is 0 Å². The summed E-state index contributed by atoms with van der Waals surface area (Å²) in [5.41, 5.74) is 2.30. The molecule has 1 amide bonds. The van der Waals surface area contributed by atoms with Crippen molar-refractivity contribution in [2.75, 3.05) is 5.32 Å². The predicted molar refractivity (Wildman–Crippen MR) is 81.0 cm³/mol. The summed E-state index contributed by atoms with van der Waals surface area (Å²) in [6.45, 7) is 1.77. The fraction of sp³-hybridized carbons (Fsp3) is 0.0667. The highest BCUT2D eigenvalue weighted by Crippen LogP contribution is 2.19. The lowest BCUT2D eigenvalue weighted by molar-refractivity contribution is 0.102. The van der Waals surface area contributed by atoms with Gasteiger partial charge < -0.3 is 10.4 Å². The summed E-state index contributed by atoms with van der Waals surface area (Å²) in [5, 5.41) is 12.5. The lowest BCUT2D eigenvalue weighted by atomic mass is 10.2. The zero-order valence-electron chi connectivity index (χ0n) is 11.2. The van der Waals surface area contributed by atoms with Crippen LogP contribution < -0.4 is 5.32 Å². The first-order chi connectivity index (χ1) is 10.0. The number of phenolic OH excluding ortho intramolecular Hbond substituents is 1. The maximum atomic E-state index is 12.4. The fourth-order valence-electron chi connectivity index (χ4n) is 2.15. The van der Waals surface area contributed by atoms with Crippen LogP contribution in [0.5, 0.6) is 5.75 Å². The summed E-state index contributed by atoms with van der Waals surface area (Å²) in [6, 6.07) is 9.75. The Morgan fingerprint density at radius 1 is 1.24 bits per heavy atom. The normalized spacial score (nSPS) is 10.8. The van der Waals surface area contributed by atoms with Crippen molar-refractivity contribution in [3.05, 3.63) is 59.0 Å². The fourth-order valence-corrected chi connectivity index (χ4v) is 2.31. The zero-order chi connectivity index (χ0) is 15.0. The van der Waals surface area contributed by atoms with Crippen LogP contribution in [0.3, 0.4) is 0 Å². The third-order valence-corrected chi connectivity index (χ3v) is 3.32. The molecule has 3 rings (SSSR count). The van der Waals surface area contributed by atoms with E-state index in [0.717, 1.165) is 0 Å². The van der Waals surface area contributed by atoms with E-state index in [1.807, 2.05) is 0 Å². The number of hydrogen-bond donors (Lipinski definition) is 2. The van der Waals surface area contributed by atoms with E-state index in [1.165, 1.54) is 12.1 Å². The van der Waals surface area contributed by atoms with Crippen LogP contribution in [0.1, 0.15) is 16.2 Å². The Morgan fingerprint density at radius 2 is 1.95 bits per heavy atom. The SMILES string of the molecule is Cc1nc2ccc(Cl)cn2c1C(=O)Nc1ccc(O)cc1. The number of nitrogens with zero attached hydrogens (tertiary/aromatic N) is 2. The number of amides is 1. The largest absolute Gasteiger partial charge is 0.508 e. The lowest BCUT2D eigenvalue weighted by Gasteiger charge is -2.06. The molecule has 3 aromatic rings. The number of nitrogens with one attached hydrogen (secondary N) is 1. The van der Waals surface area contributed by atoms with Crippen LogP contribution in [0.25, 0.3) is 5.65 Å². The number of rotatable bonds is 2. The molecule has 0 atom stereocenters. The number of carbonyl (C=O) groups is 1. The average Bonchev–Trinajstić information content (AvgIpc) is 2.76. The topological polar surface area (TPSA) is 66.6 Å². The zero-order valence-corrected chi connectivity index (χ0v) is 11.9. The van der Waals surface area contributed by atoms with Gasteiger partial charge in [-0.25, -0.2) is 4.98 Å². The van der Waals surface area contributed by atoms with Crippen LogP contribution in [0, 0.1) is 6.92 Å². The molecular weight excluding hydrogens is 290 g/mol. The molecule has 0 aliphatic rings. The van der Waals surface area contributed by atoms with E-state index in [9.17, 15) is 9.90 Å². The third kappa shape index (κ3) is 2.55. The highest BCUT2D eigenvalue weighted by atomic mass is 35.5. The Balaban J connectivity index is 1.99. The summed E-state index contributed by atoms with van der Waals surface area (Å²) in [4.78, 5) is 16.8. The second-order valence-electron chi connectivity index (χ2n) is 4.62. The van der Waals surface area contributed by atoms with Crippen molar-refractivity contribution >= 4 is 28.8 Å². The maximum absolute atomic E-state index is 12.4. The van der Waals surface area contributed by atoms with Gasteiger partial charge in [0.05, 0.1) is 10.7 Å². The number of halogens is 1. The summed E-state index contributed by atoms with van der Waals surface area (Å²) in [6.07, 6.45) is 1.66. The molecule has 0 aliphatic carbocycles. The number of fused-ring (bicyclic) bond motifs is 1. The summed E-state index contributed by atoms with van der Waals surface area (Å²) < 4.78 is 1.66. The van der Waals surface area contributed by atoms with Crippen LogP contribution in [-0.4, -0.2) is 20.4 Å². The quantitative estimate of drug-likeness (QED) is 0.714. The third-order valence-electron chi connectivity index (χ3n) is 3.10. The van der Waals surface area contributed by atoms with Gasteiger partial charge in [0.15, 0.2) is 0 Å². The van der Waals surface area contributed by atoms with Crippen molar-refractivity contribution < 1.29 is 9.90 Å². The second kappa shape index (κ2) is 5.10. The first-order valence-electron chi connectivity index (χ1n) is 6.29. The van der Waals surface area contributed by atoms with Gasteiger partial charge in [0.1, 0.15) is 17.1 Å². The van der Waals surface area contributed by atoms with E-state index >= 15 is 0 Å². The molecule has 0 unspecified atom stereocenters. The van der Waals surface area contributed by atoms with Crippen LogP contribution in [0.2, 0.25) is 5.02 Å². The van der Waals surface area contributed by atoms with Crippen molar-refractivity contribution in [3.63, 3.8) is 0 Å². The van der Waals surface area contributed by atoms with Gasteiger partial charge in [-0.3, -0.25) is 9.20 Å². The molecule has 2 N–H and O–H groups in total. The Kier molecular flexibility index (Phi) is 3.27. The van der Waals surface area contributed by atoms with Crippen molar-refractivity contribution in [2.24, 2.45) is 0 Å². The van der Waals surface area contributed by atoms with Crippen molar-refractivity contribution in [3.8, 4) is 5.75 Å². The minimum absolute atomic E-state index is 0.144. The number of imidazole rings is 1. The Morgan fingerprint density at radius 3 is 2.67 bits per heavy atom. The molecule has 21 heavy (non-hydrogen) atoms. The van der Waals surface area contributed by atoms with Crippen LogP contribution in [0.15, 0.2) is 42.6 Å². The second-order valence-corrected chi connectivity index (χ2v) is 5.06. The number of aromatic hydroxyl groups is 1. The standard InChI is InChI=1S/C15H12ClN3O2/c1-9-14(19-8-10(16)2-7-13(19)17-9)15(21)18-11-3-5-12(20)6-4-11/h2-8,20H,1H3,(H,18,21). The van der Waals surface area contributed by atoms with Crippen LogP contribution in [0.4, 0.5) is 5.69 Å². The summed E-state index contributed by atoms with van der Waals surface area (Å²) >= 11 is 5.97. The van der Waals surface area contributed by atoms with E-state index in [1.54, 1.807) is 41.8 Å². The molecule has 0 spiro atoms. The number of phenols is 1. The first-order valence-corrected chi connectivity index (χ1v) is 6.67. The molecule has 5 nitrogen and oxygen atoms in total. The Bertz CT molecular complexity index is 825. The number of aryl methyl sites for hydroxylation is 1. The number of carbonyl (C=O) groups excluding carboxylic acids is 1. The smallest absolute Gasteiger partial charge is 0.274 e. The lowest BCUT2D eigenvalue weighted by Crippen LogP contribution is -2.15. The molecule has 0 saturated heterocycles. The number of anilines is 1. The van der Waals surface area contributed by atoms with Crippen molar-refractivity contribution in [1.29, 1.82) is 0 Å². The van der Waals surface area contributed by atoms with Gasteiger partial charge in [-0.2, -0.15) is 0 Å². The van der Waals surface area contributed by atoms with E-state index in [4.69, 9.17) is 11.6 Å². The molecular formula is C15H12ClN3O2. The average molecular weight is 302 g/mol. The highest BCUT2D eigenvalue weighted by molar-refractivity contribution is 6.30. The first kappa shape index (κ1) is 13.5. The molecule has 0 bridgehead atoms. The molecule has 6 heteroatoms. The minimum Gasteiger partial charge on any atom is -0.508 e. The predicted octanol–water partition coefficient (Wildman–Crippen LogP) is 3.25. The van der Waals surface area contributed by atoms with E-state index < -0.39 is 0 Å². The van der Waals surface area contributed by atoms with Gasteiger partial charge in [-0.05, 0) is 43.3 Å². The molecule has 106 valence electrons. The summed E-state index contributed by atoms with van der Waals surface area (Å²) in [5.74, 6) is -0.140. The van der Waals surface area contributed by atoms with E-state index in [2.05, 4.69) is 10.3 Å². The molecule has 1 aromatic carbocycles. The van der Waals surface area contributed by atoms with Crippen LogP contribution >= 0.6 is 11.6 Å². The van der Waals surface area contributed by atoms with Gasteiger partial charge in [0.2, 0.25) is 0 Å². The molecule has 0 aliphatic heterocycles. The van der Waals surface area contributed by atoms with Gasteiger partial charge in [0.25, 0.3) is 5.91 Å². The van der Waals surface area contributed by atoms with Gasteiger partial charge in [-0.1, -0.05) is 11.6 Å². The monoisotopic (exact) mass is 301 g/mol. The number of aromatic nitrogens is 2. The molecule has 0 radical (unpaired) electrons.